The van der Waals surface area contributed by atoms with E-state index < -0.39 is 4.92 Å². The van der Waals surface area contributed by atoms with Crippen molar-refractivity contribution >= 4 is 11.6 Å². The maximum absolute atomic E-state index is 11.9. The second-order valence-electron chi connectivity index (χ2n) is 5.36. The van der Waals surface area contributed by atoms with Crippen LogP contribution in [0.4, 0.5) is 5.69 Å². The van der Waals surface area contributed by atoms with Crippen molar-refractivity contribution in [1.29, 1.82) is 0 Å². The molecule has 24 heavy (non-hydrogen) atoms. The summed E-state index contributed by atoms with van der Waals surface area (Å²) in [4.78, 5) is 22.4. The van der Waals surface area contributed by atoms with Crippen molar-refractivity contribution in [3.63, 3.8) is 0 Å². The van der Waals surface area contributed by atoms with Crippen LogP contribution in [0, 0.1) is 10.1 Å². The Balaban J connectivity index is 1.76. The fraction of sp³-hybridized carbons (Fsp3) is 0.278. The molecule has 0 spiro atoms. The number of aryl methyl sites for hydroxylation is 1. The zero-order chi connectivity index (χ0) is 17.4. The highest BCUT2D eigenvalue weighted by Crippen LogP contribution is 2.18. The number of benzene rings is 2. The number of nitro benzene ring substituents is 1. The zero-order valence-electron chi connectivity index (χ0n) is 13.5. The first-order valence-corrected chi connectivity index (χ1v) is 7.72. The Labute approximate surface area is 140 Å². The molecule has 0 atom stereocenters. The van der Waals surface area contributed by atoms with Gasteiger partial charge in [-0.1, -0.05) is 30.3 Å². The third-order valence-corrected chi connectivity index (χ3v) is 3.66. The Morgan fingerprint density at radius 2 is 1.88 bits per heavy atom. The van der Waals surface area contributed by atoms with Crippen LogP contribution in [0.2, 0.25) is 0 Å². The van der Waals surface area contributed by atoms with Gasteiger partial charge in [-0.25, -0.2) is 0 Å². The van der Waals surface area contributed by atoms with Crippen LogP contribution < -0.4 is 10.1 Å². The minimum absolute atomic E-state index is 0.0136. The largest absolute Gasteiger partial charge is 0.497 e. The van der Waals surface area contributed by atoms with E-state index in [0.29, 0.717) is 12.1 Å². The monoisotopic (exact) mass is 328 g/mol. The molecule has 0 bridgehead atoms. The van der Waals surface area contributed by atoms with Crippen LogP contribution >= 0.6 is 0 Å². The van der Waals surface area contributed by atoms with Crippen molar-refractivity contribution < 1.29 is 14.5 Å². The van der Waals surface area contributed by atoms with Crippen LogP contribution in [0.15, 0.2) is 48.5 Å². The molecule has 0 saturated carbocycles. The topological polar surface area (TPSA) is 81.5 Å². The van der Waals surface area contributed by atoms with Crippen molar-refractivity contribution in [2.75, 3.05) is 13.7 Å². The van der Waals surface area contributed by atoms with Gasteiger partial charge in [0.15, 0.2) is 0 Å². The van der Waals surface area contributed by atoms with E-state index in [-0.39, 0.29) is 18.0 Å². The van der Waals surface area contributed by atoms with E-state index in [9.17, 15) is 14.9 Å². The molecule has 1 amide bonds. The smallest absolute Gasteiger partial charge is 0.273 e. The summed E-state index contributed by atoms with van der Waals surface area (Å²) in [6.45, 7) is 0.533. The summed E-state index contributed by atoms with van der Waals surface area (Å²) >= 11 is 0. The lowest BCUT2D eigenvalue weighted by Gasteiger charge is -2.06. The maximum atomic E-state index is 11.9. The predicted molar refractivity (Wildman–Crippen MR) is 91.1 cm³/mol. The summed E-state index contributed by atoms with van der Waals surface area (Å²) in [5.41, 5.74) is 1.57. The van der Waals surface area contributed by atoms with Gasteiger partial charge in [0.05, 0.1) is 18.5 Å². The van der Waals surface area contributed by atoms with Gasteiger partial charge in [0.2, 0.25) is 5.91 Å². The first kappa shape index (κ1) is 17.5. The lowest BCUT2D eigenvalue weighted by atomic mass is 10.1. The third kappa shape index (κ3) is 5.08. The van der Waals surface area contributed by atoms with Crippen LogP contribution in [0.3, 0.4) is 0 Å². The van der Waals surface area contributed by atoms with Crippen LogP contribution in [-0.4, -0.2) is 24.5 Å². The van der Waals surface area contributed by atoms with Crippen molar-refractivity contribution in [1.82, 2.24) is 5.32 Å². The number of hydrogen-bond acceptors (Lipinski definition) is 4. The molecule has 1 N–H and O–H groups in total. The number of carbonyl (C=O) groups excluding carboxylic acids is 1. The number of hydrogen-bond donors (Lipinski definition) is 1. The van der Waals surface area contributed by atoms with Crippen molar-refractivity contribution in [2.24, 2.45) is 0 Å². The van der Waals surface area contributed by atoms with Gasteiger partial charge in [0.25, 0.3) is 5.69 Å². The van der Waals surface area contributed by atoms with Gasteiger partial charge in [0, 0.05) is 18.2 Å². The average Bonchev–Trinajstić information content (AvgIpc) is 2.59. The van der Waals surface area contributed by atoms with E-state index in [2.05, 4.69) is 5.32 Å². The highest BCUT2D eigenvalue weighted by Gasteiger charge is 2.14. The van der Waals surface area contributed by atoms with Gasteiger partial charge < -0.3 is 10.1 Å². The standard InChI is InChI=1S/C18H20N2O4/c1-24-16-10-8-14(9-11-16)5-4-12-19-18(21)13-15-6-2-3-7-17(15)20(22)23/h2-3,6-11H,4-5,12-13H2,1H3,(H,19,21). The lowest BCUT2D eigenvalue weighted by Crippen LogP contribution is -2.26. The highest BCUT2D eigenvalue weighted by molar-refractivity contribution is 5.79. The molecule has 0 saturated heterocycles. The SMILES string of the molecule is COc1ccc(CCCNC(=O)Cc2ccccc2[N+](=O)[O-])cc1. The van der Waals surface area contributed by atoms with Crippen LogP contribution in [-0.2, 0) is 17.6 Å². The molecule has 0 radical (unpaired) electrons. The average molecular weight is 328 g/mol. The normalized spacial score (nSPS) is 10.2. The third-order valence-electron chi connectivity index (χ3n) is 3.66. The van der Waals surface area contributed by atoms with E-state index >= 15 is 0 Å². The minimum Gasteiger partial charge on any atom is -0.497 e. The molecule has 0 unspecified atom stereocenters. The van der Waals surface area contributed by atoms with E-state index in [1.807, 2.05) is 24.3 Å². The van der Waals surface area contributed by atoms with Gasteiger partial charge in [-0.05, 0) is 30.5 Å². The highest BCUT2D eigenvalue weighted by atomic mass is 16.6. The molecule has 0 aliphatic rings. The number of nitrogens with one attached hydrogen (secondary N) is 1. The minimum atomic E-state index is -0.466. The molecule has 2 aromatic rings. The van der Waals surface area contributed by atoms with E-state index in [0.717, 1.165) is 18.6 Å². The molecule has 2 aromatic carbocycles. The number of para-hydroxylation sites is 1. The number of amides is 1. The zero-order valence-corrected chi connectivity index (χ0v) is 13.5. The molecule has 0 aromatic heterocycles. The molecule has 0 aliphatic carbocycles. The fourth-order valence-corrected chi connectivity index (χ4v) is 2.39. The van der Waals surface area contributed by atoms with Gasteiger partial charge >= 0.3 is 0 Å². The van der Waals surface area contributed by atoms with Crippen LogP contribution in [0.5, 0.6) is 5.75 Å². The molecule has 2 rings (SSSR count). The summed E-state index contributed by atoms with van der Waals surface area (Å²) in [6.07, 6.45) is 1.66. The number of nitro groups is 1. The number of methoxy groups -OCH3 is 1. The Bertz CT molecular complexity index is 698. The second kappa shape index (κ2) is 8.67. The summed E-state index contributed by atoms with van der Waals surface area (Å²) in [5.74, 6) is 0.607. The number of carbonyl (C=O) groups is 1. The summed E-state index contributed by atoms with van der Waals surface area (Å²) < 4.78 is 5.10. The first-order chi connectivity index (χ1) is 11.6. The lowest BCUT2D eigenvalue weighted by molar-refractivity contribution is -0.385. The number of nitrogens with zero attached hydrogens (tertiary/aromatic N) is 1. The molecule has 0 fully saturated rings. The van der Waals surface area contributed by atoms with Gasteiger partial charge in [-0.3, -0.25) is 14.9 Å². The second-order valence-corrected chi connectivity index (χ2v) is 5.36. The summed E-state index contributed by atoms with van der Waals surface area (Å²) in [7, 11) is 1.63. The molecule has 6 heteroatoms. The van der Waals surface area contributed by atoms with Crippen molar-refractivity contribution in [3.8, 4) is 5.75 Å². The number of rotatable bonds is 8. The van der Waals surface area contributed by atoms with E-state index in [1.165, 1.54) is 11.6 Å². The Kier molecular flexibility index (Phi) is 6.31. The van der Waals surface area contributed by atoms with Crippen molar-refractivity contribution in [2.45, 2.75) is 19.3 Å². The molecule has 0 aliphatic heterocycles. The van der Waals surface area contributed by atoms with Crippen LogP contribution in [0.1, 0.15) is 17.5 Å². The fourth-order valence-electron chi connectivity index (χ4n) is 2.39. The predicted octanol–water partition coefficient (Wildman–Crippen LogP) is 2.89. The maximum Gasteiger partial charge on any atom is 0.273 e. The van der Waals surface area contributed by atoms with Crippen molar-refractivity contribution in [3.05, 3.63) is 69.8 Å². The molecular formula is C18H20N2O4. The molecule has 126 valence electrons. The summed E-state index contributed by atoms with van der Waals surface area (Å²) in [6, 6.07) is 14.1. The molecular weight excluding hydrogens is 308 g/mol. The Morgan fingerprint density at radius 3 is 2.54 bits per heavy atom. The van der Waals surface area contributed by atoms with E-state index in [1.54, 1.807) is 25.3 Å². The van der Waals surface area contributed by atoms with Gasteiger partial charge in [0.1, 0.15) is 5.75 Å². The van der Waals surface area contributed by atoms with E-state index in [4.69, 9.17) is 4.74 Å². The quantitative estimate of drug-likeness (QED) is 0.459. The van der Waals surface area contributed by atoms with Crippen LogP contribution in [0.25, 0.3) is 0 Å². The molecule has 6 nitrogen and oxygen atoms in total. The van der Waals surface area contributed by atoms with Gasteiger partial charge in [-0.2, -0.15) is 0 Å². The molecule has 0 heterocycles. The number of ether oxygens (including phenoxy) is 1. The first-order valence-electron chi connectivity index (χ1n) is 7.72. The Morgan fingerprint density at radius 1 is 1.17 bits per heavy atom. The van der Waals surface area contributed by atoms with Gasteiger partial charge in [-0.15, -0.1) is 0 Å². The Hall–Kier alpha value is -2.89. The summed E-state index contributed by atoms with van der Waals surface area (Å²) in [5, 5.41) is 13.7.